The third-order valence-corrected chi connectivity index (χ3v) is 0.401. The Morgan fingerprint density at radius 2 is 2.25 bits per heavy atom. The molecule has 8 heavy (non-hydrogen) atoms. The predicted molar refractivity (Wildman–Crippen MR) is 28.3 cm³/mol. The highest BCUT2D eigenvalue weighted by molar-refractivity contribution is 4.14. The first-order valence-corrected chi connectivity index (χ1v) is 2.04. The molecule has 0 unspecified atom stereocenters. The van der Waals surface area contributed by atoms with Crippen molar-refractivity contribution < 1.29 is 9.92 Å². The Kier molecular flexibility index (Phi) is 7.86. The molecule has 0 aromatic carbocycles. The van der Waals surface area contributed by atoms with Crippen molar-refractivity contribution in [2.45, 2.75) is 13.3 Å². The van der Waals surface area contributed by atoms with Crippen LogP contribution in [0.4, 0.5) is 0 Å². The summed E-state index contributed by atoms with van der Waals surface area (Å²) in [6.07, 6.45) is 0.682. The molecule has 0 amide bonds. The lowest BCUT2D eigenvalue weighted by Crippen LogP contribution is -1.99. The zero-order valence-electron chi connectivity index (χ0n) is 4.79. The van der Waals surface area contributed by atoms with Gasteiger partial charge in [-0.1, -0.05) is 6.92 Å². The lowest BCUT2D eigenvalue weighted by molar-refractivity contribution is -0.757. The first kappa shape index (κ1) is 10.2. The fourth-order valence-electron chi connectivity index (χ4n) is 0.166. The van der Waals surface area contributed by atoms with Crippen molar-refractivity contribution in [1.29, 1.82) is 0 Å². The van der Waals surface area contributed by atoms with Crippen molar-refractivity contribution in [2.24, 2.45) is 0 Å². The van der Waals surface area contributed by atoms with Crippen LogP contribution in [-0.4, -0.2) is 11.7 Å². The van der Waals surface area contributed by atoms with E-state index >= 15 is 0 Å². The highest BCUT2D eigenvalue weighted by atomic mass is 16.9. The molecule has 0 atom stereocenters. The van der Waals surface area contributed by atoms with Gasteiger partial charge in [0.1, 0.15) is 0 Å². The molecule has 0 aromatic rings. The summed E-state index contributed by atoms with van der Waals surface area (Å²) >= 11 is 0. The summed E-state index contributed by atoms with van der Waals surface area (Å²) in [6.45, 7) is 2.01. The van der Waals surface area contributed by atoms with Crippen LogP contribution >= 0.6 is 0 Å². The zero-order valence-corrected chi connectivity index (χ0v) is 4.79. The van der Waals surface area contributed by atoms with Crippen LogP contribution in [0.2, 0.25) is 0 Å². The summed E-state index contributed by atoms with van der Waals surface area (Å²) in [4.78, 5) is 13.3. The Morgan fingerprint density at radius 1 is 1.75 bits per heavy atom. The van der Waals surface area contributed by atoms with Crippen molar-refractivity contribution in [3.05, 3.63) is 10.1 Å². The van der Waals surface area contributed by atoms with Crippen molar-refractivity contribution in [3.63, 3.8) is 0 Å². The standard InChI is InChI=1S/C3H7NO3.H3N/c1-2-3-7-4(5)6;/h2-3H2,1H3;1H3. The first-order chi connectivity index (χ1) is 3.27. The maximum Gasteiger partial charge on any atom is 0.294 e. The Bertz CT molecular complexity index is 65.5. The molecule has 0 radical (unpaired) electrons. The average molecular weight is 122 g/mol. The Labute approximate surface area is 47.3 Å². The molecule has 5 heteroatoms. The second kappa shape index (κ2) is 6.16. The van der Waals surface area contributed by atoms with Gasteiger partial charge in [0, 0.05) is 0 Å². The molecular weight excluding hydrogens is 112 g/mol. The number of hydrogen-bond acceptors (Lipinski definition) is 4. The normalized spacial score (nSPS) is 7.12. The molecule has 0 aliphatic carbocycles. The van der Waals surface area contributed by atoms with E-state index in [1.807, 2.05) is 6.92 Å². The largest absolute Gasteiger partial charge is 0.344 e. The smallest absolute Gasteiger partial charge is 0.294 e. The molecule has 0 aliphatic rings. The SMILES string of the molecule is CCCO[N+](=O)[O-].N. The summed E-state index contributed by atoms with van der Waals surface area (Å²) in [7, 11) is 0. The summed E-state index contributed by atoms with van der Waals surface area (Å²) < 4.78 is 0. The Balaban J connectivity index is 0. The van der Waals surface area contributed by atoms with E-state index in [1.54, 1.807) is 0 Å². The van der Waals surface area contributed by atoms with Crippen LogP contribution in [0.25, 0.3) is 0 Å². The van der Waals surface area contributed by atoms with Gasteiger partial charge in [-0.25, -0.2) is 0 Å². The van der Waals surface area contributed by atoms with Crippen LogP contribution in [0.5, 0.6) is 0 Å². The quantitative estimate of drug-likeness (QED) is 0.442. The summed E-state index contributed by atoms with van der Waals surface area (Å²) in [5.41, 5.74) is 0. The lowest BCUT2D eigenvalue weighted by atomic mass is 10.5. The fraction of sp³-hybridized carbons (Fsp3) is 1.00. The van der Waals surface area contributed by atoms with Gasteiger partial charge in [0.25, 0.3) is 5.09 Å². The maximum atomic E-state index is 9.34. The Morgan fingerprint density at radius 3 is 2.38 bits per heavy atom. The minimum atomic E-state index is -0.788. The number of hydrogen-bond donors (Lipinski definition) is 1. The number of nitrogens with zero attached hydrogens (tertiary/aromatic N) is 1. The van der Waals surface area contributed by atoms with Gasteiger partial charge in [-0.15, -0.1) is 10.1 Å². The van der Waals surface area contributed by atoms with E-state index < -0.39 is 5.09 Å². The molecule has 0 saturated heterocycles. The molecule has 0 spiro atoms. The molecule has 50 valence electrons. The molecule has 3 N–H and O–H groups in total. The molecule has 0 rings (SSSR count). The van der Waals surface area contributed by atoms with Gasteiger partial charge in [-0.05, 0) is 6.42 Å². The van der Waals surface area contributed by atoms with E-state index in [-0.39, 0.29) is 12.8 Å². The van der Waals surface area contributed by atoms with Gasteiger partial charge in [-0.3, -0.25) is 0 Å². The van der Waals surface area contributed by atoms with Crippen LogP contribution in [-0.2, 0) is 4.84 Å². The van der Waals surface area contributed by atoms with Crippen molar-refractivity contribution in [2.75, 3.05) is 6.61 Å². The van der Waals surface area contributed by atoms with E-state index in [0.717, 1.165) is 0 Å². The van der Waals surface area contributed by atoms with Crippen LogP contribution in [0.1, 0.15) is 13.3 Å². The van der Waals surface area contributed by atoms with Gasteiger partial charge in [-0.2, -0.15) is 0 Å². The second-order valence-electron chi connectivity index (χ2n) is 1.06. The lowest BCUT2D eigenvalue weighted by Gasteiger charge is -1.88. The highest BCUT2D eigenvalue weighted by Gasteiger charge is 1.87. The molecule has 0 aliphatic heterocycles. The molecule has 0 saturated carbocycles. The van der Waals surface area contributed by atoms with E-state index in [0.29, 0.717) is 6.42 Å². The van der Waals surface area contributed by atoms with Crippen molar-refractivity contribution in [3.8, 4) is 0 Å². The van der Waals surface area contributed by atoms with Crippen molar-refractivity contribution in [1.82, 2.24) is 6.15 Å². The highest BCUT2D eigenvalue weighted by Crippen LogP contribution is 1.77. The van der Waals surface area contributed by atoms with Gasteiger partial charge < -0.3 is 11.0 Å². The third kappa shape index (κ3) is 8.94. The summed E-state index contributed by atoms with van der Waals surface area (Å²) in [5.74, 6) is 0. The molecule has 0 fully saturated rings. The fourth-order valence-corrected chi connectivity index (χ4v) is 0.166. The predicted octanol–water partition coefficient (Wildman–Crippen LogP) is 0.767. The van der Waals surface area contributed by atoms with Crippen LogP contribution in [0.3, 0.4) is 0 Å². The molecule has 0 heterocycles. The summed E-state index contributed by atoms with van der Waals surface area (Å²) in [5, 5.41) is 8.55. The van der Waals surface area contributed by atoms with E-state index in [9.17, 15) is 10.1 Å². The van der Waals surface area contributed by atoms with E-state index in [2.05, 4.69) is 4.84 Å². The van der Waals surface area contributed by atoms with Crippen LogP contribution in [0.15, 0.2) is 0 Å². The van der Waals surface area contributed by atoms with Crippen LogP contribution < -0.4 is 6.15 Å². The first-order valence-electron chi connectivity index (χ1n) is 2.04. The van der Waals surface area contributed by atoms with Gasteiger partial charge >= 0.3 is 0 Å². The molecule has 5 nitrogen and oxygen atoms in total. The minimum absolute atomic E-state index is 0. The maximum absolute atomic E-state index is 9.34. The minimum Gasteiger partial charge on any atom is -0.344 e. The zero-order chi connectivity index (χ0) is 5.70. The van der Waals surface area contributed by atoms with E-state index in [1.165, 1.54) is 0 Å². The topological polar surface area (TPSA) is 87.4 Å². The summed E-state index contributed by atoms with van der Waals surface area (Å²) in [6, 6.07) is 0. The van der Waals surface area contributed by atoms with E-state index in [4.69, 9.17) is 0 Å². The molecule has 0 bridgehead atoms. The Hall–Kier alpha value is -0.840. The van der Waals surface area contributed by atoms with Gasteiger partial charge in [0.05, 0.1) is 6.61 Å². The van der Waals surface area contributed by atoms with Gasteiger partial charge in [0.15, 0.2) is 0 Å². The van der Waals surface area contributed by atoms with Gasteiger partial charge in [0.2, 0.25) is 0 Å². The van der Waals surface area contributed by atoms with Crippen LogP contribution in [0, 0.1) is 10.1 Å². The van der Waals surface area contributed by atoms with Crippen molar-refractivity contribution >= 4 is 0 Å². The number of rotatable bonds is 3. The average Bonchev–Trinajstić information content (AvgIpc) is 1.61. The molecule has 0 aromatic heterocycles. The second-order valence-corrected chi connectivity index (χ2v) is 1.06. The monoisotopic (exact) mass is 122 g/mol. The third-order valence-electron chi connectivity index (χ3n) is 0.401. The molecular formula is C3H10N2O3.